The van der Waals surface area contributed by atoms with Gasteiger partial charge in [0.05, 0.1) is 13.5 Å². The van der Waals surface area contributed by atoms with Crippen LogP contribution in [-0.4, -0.2) is 18.2 Å². The van der Waals surface area contributed by atoms with Gasteiger partial charge in [-0.2, -0.15) is 0 Å². The van der Waals surface area contributed by atoms with Crippen LogP contribution in [-0.2, 0) is 9.53 Å². The summed E-state index contributed by atoms with van der Waals surface area (Å²) in [7, 11) is 1.39. The van der Waals surface area contributed by atoms with Gasteiger partial charge in [0.25, 0.3) is 0 Å². The fraction of sp³-hybridized carbons (Fsp3) is 0.214. The lowest BCUT2D eigenvalue weighted by atomic mass is 9.94. The summed E-state index contributed by atoms with van der Waals surface area (Å²) in [4.78, 5) is 12.6. The highest BCUT2D eigenvalue weighted by Gasteiger charge is 2.19. The number of phenolic OH excluding ortho intramolecular Hbond substituents is 1. The second-order valence-electron chi connectivity index (χ2n) is 3.94. The van der Waals surface area contributed by atoms with Gasteiger partial charge in [0.2, 0.25) is 0 Å². The molecule has 0 spiro atoms. The van der Waals surface area contributed by atoms with Gasteiger partial charge in [0.1, 0.15) is 5.75 Å². The SMILES string of the molecule is COC(=O)C[C@@H](c1ccc(O)cc1)c1cccs1. The molecule has 0 unspecified atom stereocenters. The Balaban J connectivity index is 2.30. The number of esters is 1. The van der Waals surface area contributed by atoms with Gasteiger partial charge in [0.15, 0.2) is 0 Å². The Hall–Kier alpha value is -1.81. The fourth-order valence-corrected chi connectivity index (χ4v) is 2.68. The normalized spacial score (nSPS) is 12.1. The van der Waals surface area contributed by atoms with Crippen LogP contribution in [0.15, 0.2) is 41.8 Å². The monoisotopic (exact) mass is 262 g/mol. The van der Waals surface area contributed by atoms with Crippen LogP contribution in [0.4, 0.5) is 0 Å². The van der Waals surface area contributed by atoms with Crippen molar-refractivity contribution in [1.29, 1.82) is 0 Å². The number of thiophene rings is 1. The van der Waals surface area contributed by atoms with Crippen molar-refractivity contribution in [3.8, 4) is 5.75 Å². The molecule has 0 radical (unpaired) electrons. The molecule has 2 rings (SSSR count). The summed E-state index contributed by atoms with van der Waals surface area (Å²) in [6.45, 7) is 0. The smallest absolute Gasteiger partial charge is 0.306 e. The second kappa shape index (κ2) is 5.69. The van der Waals surface area contributed by atoms with Crippen molar-refractivity contribution in [3.05, 3.63) is 52.2 Å². The highest BCUT2D eigenvalue weighted by Crippen LogP contribution is 2.32. The zero-order valence-corrected chi connectivity index (χ0v) is 10.8. The van der Waals surface area contributed by atoms with E-state index in [-0.39, 0.29) is 17.6 Å². The average Bonchev–Trinajstić information content (AvgIpc) is 2.90. The van der Waals surface area contributed by atoms with Crippen LogP contribution in [0.2, 0.25) is 0 Å². The van der Waals surface area contributed by atoms with Crippen molar-refractivity contribution in [2.45, 2.75) is 12.3 Å². The average molecular weight is 262 g/mol. The Labute approximate surface area is 110 Å². The standard InChI is InChI=1S/C14H14O3S/c1-17-14(16)9-12(13-3-2-8-18-13)10-4-6-11(15)7-5-10/h2-8,12,15H,9H2,1H3/t12-/m0/s1. The zero-order valence-electron chi connectivity index (χ0n) is 10.00. The number of rotatable bonds is 4. The summed E-state index contributed by atoms with van der Waals surface area (Å²) in [5.41, 5.74) is 1.00. The Morgan fingerprint density at radius 1 is 1.33 bits per heavy atom. The molecule has 1 N–H and O–H groups in total. The van der Waals surface area contributed by atoms with E-state index in [0.29, 0.717) is 6.42 Å². The van der Waals surface area contributed by atoms with Crippen molar-refractivity contribution in [1.82, 2.24) is 0 Å². The Morgan fingerprint density at radius 3 is 2.61 bits per heavy atom. The molecular weight excluding hydrogens is 248 g/mol. The van der Waals surface area contributed by atoms with E-state index in [1.165, 1.54) is 7.11 Å². The summed E-state index contributed by atoms with van der Waals surface area (Å²) >= 11 is 1.61. The van der Waals surface area contributed by atoms with Gasteiger partial charge in [-0.25, -0.2) is 0 Å². The molecule has 3 nitrogen and oxygen atoms in total. The Morgan fingerprint density at radius 2 is 2.06 bits per heavy atom. The molecule has 0 saturated heterocycles. The van der Waals surface area contributed by atoms with Gasteiger partial charge in [-0.1, -0.05) is 18.2 Å². The molecule has 1 aromatic carbocycles. The van der Waals surface area contributed by atoms with Gasteiger partial charge < -0.3 is 9.84 Å². The summed E-state index contributed by atoms with van der Waals surface area (Å²) < 4.78 is 4.74. The first-order valence-corrected chi connectivity index (χ1v) is 6.48. The number of hydrogen-bond donors (Lipinski definition) is 1. The second-order valence-corrected chi connectivity index (χ2v) is 4.92. The number of carbonyl (C=O) groups excluding carboxylic acids is 1. The van der Waals surface area contributed by atoms with Gasteiger partial charge in [-0.15, -0.1) is 11.3 Å². The number of phenols is 1. The molecule has 4 heteroatoms. The van der Waals surface area contributed by atoms with Crippen molar-refractivity contribution < 1.29 is 14.6 Å². The quantitative estimate of drug-likeness (QED) is 0.861. The largest absolute Gasteiger partial charge is 0.508 e. The number of aromatic hydroxyl groups is 1. The number of benzene rings is 1. The number of ether oxygens (including phenoxy) is 1. The molecule has 1 atom stereocenters. The number of carbonyl (C=O) groups is 1. The maximum absolute atomic E-state index is 11.5. The Bertz CT molecular complexity index is 502. The lowest BCUT2D eigenvalue weighted by Gasteiger charge is -2.14. The van der Waals surface area contributed by atoms with Gasteiger partial charge >= 0.3 is 5.97 Å². The molecule has 1 aromatic heterocycles. The van der Waals surface area contributed by atoms with Gasteiger partial charge in [0, 0.05) is 10.8 Å². The van der Waals surface area contributed by atoms with Crippen LogP contribution in [0.1, 0.15) is 22.8 Å². The molecule has 0 saturated carbocycles. The summed E-state index contributed by atoms with van der Waals surface area (Å²) in [5, 5.41) is 11.3. The maximum Gasteiger partial charge on any atom is 0.306 e. The molecule has 0 aliphatic carbocycles. The predicted octanol–water partition coefficient (Wildman–Crippen LogP) is 3.15. The highest BCUT2D eigenvalue weighted by atomic mass is 32.1. The van der Waals surface area contributed by atoms with Gasteiger partial charge in [-0.3, -0.25) is 4.79 Å². The van der Waals surface area contributed by atoms with Crippen LogP contribution >= 0.6 is 11.3 Å². The minimum absolute atomic E-state index is 0.0157. The third kappa shape index (κ3) is 2.90. The molecule has 0 aliphatic heterocycles. The van der Waals surface area contributed by atoms with Crippen molar-refractivity contribution in [2.75, 3.05) is 7.11 Å². The first-order chi connectivity index (χ1) is 8.70. The molecule has 0 amide bonds. The van der Waals surface area contributed by atoms with E-state index >= 15 is 0 Å². The highest BCUT2D eigenvalue weighted by molar-refractivity contribution is 7.10. The fourth-order valence-electron chi connectivity index (χ4n) is 1.83. The van der Waals surface area contributed by atoms with E-state index in [9.17, 15) is 9.90 Å². The van der Waals surface area contributed by atoms with Crippen LogP contribution < -0.4 is 0 Å². The first-order valence-electron chi connectivity index (χ1n) is 5.60. The number of methoxy groups -OCH3 is 1. The third-order valence-electron chi connectivity index (χ3n) is 2.78. The molecular formula is C14H14O3S. The molecule has 0 fully saturated rings. The minimum Gasteiger partial charge on any atom is -0.508 e. The minimum atomic E-state index is -0.235. The van der Waals surface area contributed by atoms with Crippen LogP contribution in [0, 0.1) is 0 Å². The maximum atomic E-state index is 11.5. The molecule has 0 bridgehead atoms. The summed E-state index contributed by atoms with van der Waals surface area (Å²) in [6.07, 6.45) is 0.307. The van der Waals surface area contributed by atoms with E-state index in [1.807, 2.05) is 29.6 Å². The van der Waals surface area contributed by atoms with Crippen LogP contribution in [0.25, 0.3) is 0 Å². The lowest BCUT2D eigenvalue weighted by Crippen LogP contribution is -2.08. The molecule has 94 valence electrons. The topological polar surface area (TPSA) is 46.5 Å². The molecule has 0 aliphatic rings. The number of hydrogen-bond acceptors (Lipinski definition) is 4. The first kappa shape index (κ1) is 12.6. The van der Waals surface area contributed by atoms with E-state index < -0.39 is 0 Å². The van der Waals surface area contributed by atoms with E-state index in [2.05, 4.69) is 0 Å². The van der Waals surface area contributed by atoms with Crippen LogP contribution in [0.3, 0.4) is 0 Å². The Kier molecular flexibility index (Phi) is 3.99. The zero-order chi connectivity index (χ0) is 13.0. The van der Waals surface area contributed by atoms with Crippen molar-refractivity contribution >= 4 is 17.3 Å². The van der Waals surface area contributed by atoms with E-state index in [0.717, 1.165) is 10.4 Å². The van der Waals surface area contributed by atoms with Crippen LogP contribution in [0.5, 0.6) is 5.75 Å². The molecule has 1 heterocycles. The van der Waals surface area contributed by atoms with Crippen molar-refractivity contribution in [2.24, 2.45) is 0 Å². The van der Waals surface area contributed by atoms with E-state index in [1.54, 1.807) is 23.5 Å². The third-order valence-corrected chi connectivity index (χ3v) is 3.77. The van der Waals surface area contributed by atoms with Crippen molar-refractivity contribution in [3.63, 3.8) is 0 Å². The predicted molar refractivity (Wildman–Crippen MR) is 70.9 cm³/mol. The summed E-state index contributed by atoms with van der Waals surface area (Å²) in [5.74, 6) is -0.0266. The summed E-state index contributed by atoms with van der Waals surface area (Å²) in [6, 6.07) is 10.9. The van der Waals surface area contributed by atoms with E-state index in [4.69, 9.17) is 4.74 Å². The molecule has 18 heavy (non-hydrogen) atoms. The molecule has 2 aromatic rings. The van der Waals surface area contributed by atoms with Gasteiger partial charge in [-0.05, 0) is 29.1 Å². The lowest BCUT2D eigenvalue weighted by molar-refractivity contribution is -0.140.